The summed E-state index contributed by atoms with van der Waals surface area (Å²) in [4.78, 5) is 37.5. The average molecular weight is 350 g/mol. The number of nitrogens with zero attached hydrogens (tertiary/aromatic N) is 1. The Morgan fingerprint density at radius 2 is 2.00 bits per heavy atom. The molecule has 0 aliphatic heterocycles. The normalized spacial score (nSPS) is 13.2. The lowest BCUT2D eigenvalue weighted by molar-refractivity contribution is -0.149. The second-order valence-electron chi connectivity index (χ2n) is 5.81. The molecule has 0 unspecified atom stereocenters. The lowest BCUT2D eigenvalue weighted by Gasteiger charge is -2.16. The zero-order chi connectivity index (χ0) is 17.5. The van der Waals surface area contributed by atoms with Crippen molar-refractivity contribution in [3.63, 3.8) is 0 Å². The van der Waals surface area contributed by atoms with Crippen LogP contribution in [0.1, 0.15) is 18.4 Å². The van der Waals surface area contributed by atoms with Crippen LogP contribution in [0, 0.1) is 6.92 Å². The summed E-state index contributed by atoms with van der Waals surface area (Å²) in [6.45, 7) is 1.60. The lowest BCUT2D eigenvalue weighted by Crippen LogP contribution is -2.40. The molecule has 0 radical (unpaired) electrons. The number of carbonyl (C=O) groups is 3. The molecule has 0 spiro atoms. The van der Waals surface area contributed by atoms with E-state index in [0.29, 0.717) is 0 Å². The van der Waals surface area contributed by atoms with Crippen LogP contribution in [-0.2, 0) is 19.1 Å². The summed E-state index contributed by atoms with van der Waals surface area (Å²) in [7, 11) is 1.52. The summed E-state index contributed by atoms with van der Waals surface area (Å²) in [5.41, 5.74) is 1.09. The SMILES string of the molecule is Cc1ccccc1SCC(=O)OCC(=O)N(C)CC(=O)NC1CC1. The van der Waals surface area contributed by atoms with Gasteiger partial charge in [-0.2, -0.15) is 0 Å². The Morgan fingerprint density at radius 3 is 2.67 bits per heavy atom. The molecule has 0 atom stereocenters. The van der Waals surface area contributed by atoms with Gasteiger partial charge in [-0.1, -0.05) is 18.2 Å². The summed E-state index contributed by atoms with van der Waals surface area (Å²) >= 11 is 1.38. The molecule has 1 N–H and O–H groups in total. The van der Waals surface area contributed by atoms with Crippen LogP contribution in [-0.4, -0.2) is 54.7 Å². The van der Waals surface area contributed by atoms with Gasteiger partial charge in [0.05, 0.1) is 12.3 Å². The first-order chi connectivity index (χ1) is 11.5. The third-order valence-corrected chi connectivity index (χ3v) is 4.69. The van der Waals surface area contributed by atoms with E-state index in [1.807, 2.05) is 31.2 Å². The third-order valence-electron chi connectivity index (χ3n) is 3.54. The van der Waals surface area contributed by atoms with E-state index in [-0.39, 0.29) is 30.9 Å². The van der Waals surface area contributed by atoms with Crippen molar-refractivity contribution >= 4 is 29.5 Å². The number of thioether (sulfide) groups is 1. The molecule has 24 heavy (non-hydrogen) atoms. The molecule has 0 heterocycles. The molecule has 1 aliphatic carbocycles. The van der Waals surface area contributed by atoms with Gasteiger partial charge in [0.25, 0.3) is 5.91 Å². The number of nitrogens with one attached hydrogen (secondary N) is 1. The summed E-state index contributed by atoms with van der Waals surface area (Å²) < 4.78 is 4.98. The van der Waals surface area contributed by atoms with Crippen LogP contribution >= 0.6 is 11.8 Å². The Bertz CT molecular complexity index is 616. The van der Waals surface area contributed by atoms with E-state index in [2.05, 4.69) is 5.32 Å². The Morgan fingerprint density at radius 1 is 1.29 bits per heavy atom. The number of rotatable bonds is 8. The molecular formula is C17H22N2O4S. The fraction of sp³-hybridized carbons (Fsp3) is 0.471. The van der Waals surface area contributed by atoms with Crippen LogP contribution in [0.15, 0.2) is 29.2 Å². The number of amides is 2. The minimum Gasteiger partial charge on any atom is -0.455 e. The van der Waals surface area contributed by atoms with Gasteiger partial charge in [0, 0.05) is 18.0 Å². The summed E-state index contributed by atoms with van der Waals surface area (Å²) in [6, 6.07) is 8.01. The average Bonchev–Trinajstić information content (AvgIpc) is 3.35. The van der Waals surface area contributed by atoms with Gasteiger partial charge in [-0.05, 0) is 31.4 Å². The van der Waals surface area contributed by atoms with Crippen molar-refractivity contribution in [3.05, 3.63) is 29.8 Å². The number of hydrogen-bond acceptors (Lipinski definition) is 5. The van der Waals surface area contributed by atoms with Gasteiger partial charge in [0.15, 0.2) is 6.61 Å². The molecule has 2 amide bonds. The minimum absolute atomic E-state index is 0.0230. The van der Waals surface area contributed by atoms with Crippen LogP contribution in [0.3, 0.4) is 0 Å². The monoisotopic (exact) mass is 350 g/mol. The van der Waals surface area contributed by atoms with Crippen molar-refractivity contribution in [2.45, 2.75) is 30.7 Å². The number of hydrogen-bond donors (Lipinski definition) is 1. The van der Waals surface area contributed by atoms with Crippen molar-refractivity contribution in [1.82, 2.24) is 10.2 Å². The van der Waals surface area contributed by atoms with E-state index in [0.717, 1.165) is 23.3 Å². The highest BCUT2D eigenvalue weighted by atomic mass is 32.2. The van der Waals surface area contributed by atoms with E-state index in [4.69, 9.17) is 4.74 Å². The Hall–Kier alpha value is -2.02. The van der Waals surface area contributed by atoms with Gasteiger partial charge >= 0.3 is 5.97 Å². The second-order valence-corrected chi connectivity index (χ2v) is 6.82. The zero-order valence-corrected chi connectivity index (χ0v) is 14.7. The van der Waals surface area contributed by atoms with E-state index < -0.39 is 11.9 Å². The van der Waals surface area contributed by atoms with Crippen LogP contribution in [0.4, 0.5) is 0 Å². The van der Waals surface area contributed by atoms with Crippen LogP contribution in [0.5, 0.6) is 0 Å². The molecular weight excluding hydrogens is 328 g/mol. The van der Waals surface area contributed by atoms with Crippen molar-refractivity contribution in [1.29, 1.82) is 0 Å². The maximum absolute atomic E-state index is 11.9. The summed E-state index contributed by atoms with van der Waals surface area (Å²) in [6.07, 6.45) is 2.00. The van der Waals surface area contributed by atoms with Gasteiger partial charge in [-0.25, -0.2) is 0 Å². The highest BCUT2D eigenvalue weighted by Crippen LogP contribution is 2.21. The molecule has 2 rings (SSSR count). The van der Waals surface area contributed by atoms with Crippen LogP contribution in [0.25, 0.3) is 0 Å². The van der Waals surface area contributed by atoms with Crippen molar-refractivity contribution in [2.75, 3.05) is 26.0 Å². The van der Waals surface area contributed by atoms with E-state index in [9.17, 15) is 14.4 Å². The maximum atomic E-state index is 11.9. The molecule has 1 fully saturated rings. The predicted octanol–water partition coefficient (Wildman–Crippen LogP) is 1.37. The molecule has 1 aromatic rings. The minimum atomic E-state index is -0.451. The fourth-order valence-electron chi connectivity index (χ4n) is 1.95. The maximum Gasteiger partial charge on any atom is 0.316 e. The topological polar surface area (TPSA) is 75.7 Å². The predicted molar refractivity (Wildman–Crippen MR) is 91.7 cm³/mol. The standard InChI is InChI=1S/C17H22N2O4S/c1-12-5-3-4-6-14(12)24-11-17(22)23-10-16(21)19(2)9-15(20)18-13-7-8-13/h3-6,13H,7-11H2,1-2H3,(H,18,20). The fourth-order valence-corrected chi connectivity index (χ4v) is 2.78. The van der Waals surface area contributed by atoms with Gasteiger partial charge in [-0.15, -0.1) is 11.8 Å². The van der Waals surface area contributed by atoms with E-state index in [1.165, 1.54) is 23.7 Å². The quantitative estimate of drug-likeness (QED) is 0.566. The first-order valence-corrected chi connectivity index (χ1v) is 8.81. The van der Waals surface area contributed by atoms with E-state index in [1.54, 1.807) is 0 Å². The highest BCUT2D eigenvalue weighted by molar-refractivity contribution is 8.00. The molecule has 130 valence electrons. The van der Waals surface area contributed by atoms with Gasteiger partial charge in [0.1, 0.15) is 0 Å². The Kier molecular flexibility index (Phi) is 6.66. The zero-order valence-electron chi connectivity index (χ0n) is 13.9. The van der Waals surface area contributed by atoms with Crippen LogP contribution in [0.2, 0.25) is 0 Å². The highest BCUT2D eigenvalue weighted by Gasteiger charge is 2.24. The Balaban J connectivity index is 1.65. The smallest absolute Gasteiger partial charge is 0.316 e. The third kappa shape index (κ3) is 6.23. The lowest BCUT2D eigenvalue weighted by atomic mass is 10.2. The van der Waals surface area contributed by atoms with Gasteiger partial charge in [-0.3, -0.25) is 14.4 Å². The number of benzene rings is 1. The van der Waals surface area contributed by atoms with Crippen molar-refractivity contribution < 1.29 is 19.1 Å². The number of carbonyl (C=O) groups excluding carboxylic acids is 3. The van der Waals surface area contributed by atoms with E-state index >= 15 is 0 Å². The van der Waals surface area contributed by atoms with Crippen LogP contribution < -0.4 is 5.32 Å². The van der Waals surface area contributed by atoms with Crippen molar-refractivity contribution in [2.24, 2.45) is 0 Å². The molecule has 7 heteroatoms. The summed E-state index contributed by atoms with van der Waals surface area (Å²) in [5.74, 6) is -0.887. The first kappa shape index (κ1) is 18.3. The molecule has 0 aromatic heterocycles. The van der Waals surface area contributed by atoms with Gasteiger partial charge < -0.3 is 15.0 Å². The number of ether oxygens (including phenoxy) is 1. The molecule has 1 saturated carbocycles. The molecule has 1 aromatic carbocycles. The van der Waals surface area contributed by atoms with Crippen molar-refractivity contribution in [3.8, 4) is 0 Å². The first-order valence-electron chi connectivity index (χ1n) is 7.83. The molecule has 1 aliphatic rings. The number of aryl methyl sites for hydroxylation is 1. The summed E-state index contributed by atoms with van der Waals surface area (Å²) in [5, 5.41) is 2.80. The second kappa shape index (κ2) is 8.73. The largest absolute Gasteiger partial charge is 0.455 e. The Labute approximate surface area is 145 Å². The molecule has 0 saturated heterocycles. The van der Waals surface area contributed by atoms with Gasteiger partial charge in [0.2, 0.25) is 5.91 Å². The number of likely N-dealkylation sites (N-methyl/N-ethyl adjacent to an activating group) is 1. The molecule has 6 nitrogen and oxygen atoms in total. The number of esters is 1. The molecule has 0 bridgehead atoms.